The Morgan fingerprint density at radius 2 is 2.07 bits per heavy atom. The molecule has 0 saturated carbocycles. The van der Waals surface area contributed by atoms with Crippen LogP contribution >= 0.6 is 0 Å². The smallest absolute Gasteiger partial charge is 0.134 e. The number of fused-ring (bicyclic) bond motifs is 3. The molecular formula is C13H14O2. The molecule has 1 aliphatic carbocycles. The number of hydrogen-bond donors (Lipinski definition) is 1. The molecule has 0 radical (unpaired) electrons. The van der Waals surface area contributed by atoms with Gasteiger partial charge in [0.15, 0.2) is 0 Å². The minimum Gasteiger partial charge on any atom is -0.461 e. The Morgan fingerprint density at radius 1 is 1.20 bits per heavy atom. The maximum Gasteiger partial charge on any atom is 0.134 e. The molecule has 0 saturated heterocycles. The van der Waals surface area contributed by atoms with Crippen LogP contribution < -0.4 is 0 Å². The summed E-state index contributed by atoms with van der Waals surface area (Å²) in [5, 5.41) is 10.3. The van der Waals surface area contributed by atoms with E-state index in [4.69, 9.17) is 9.52 Å². The largest absolute Gasteiger partial charge is 0.461 e. The second kappa shape index (κ2) is 3.38. The Kier molecular flexibility index (Phi) is 2.03. The average molecular weight is 202 g/mol. The molecule has 1 N–H and O–H groups in total. The van der Waals surface area contributed by atoms with Crippen molar-refractivity contribution < 1.29 is 9.52 Å². The highest BCUT2D eigenvalue weighted by Gasteiger charge is 2.17. The van der Waals surface area contributed by atoms with Crippen LogP contribution in [0.2, 0.25) is 0 Å². The van der Waals surface area contributed by atoms with Gasteiger partial charge >= 0.3 is 0 Å². The van der Waals surface area contributed by atoms with Crippen molar-refractivity contribution in [3.8, 4) is 0 Å². The lowest BCUT2D eigenvalue weighted by Crippen LogP contribution is -1.98. The van der Waals surface area contributed by atoms with Crippen LogP contribution in [-0.2, 0) is 19.4 Å². The summed E-state index contributed by atoms with van der Waals surface area (Å²) >= 11 is 0. The molecule has 0 spiro atoms. The van der Waals surface area contributed by atoms with Crippen molar-refractivity contribution in [1.29, 1.82) is 0 Å². The molecule has 0 bridgehead atoms. The van der Waals surface area contributed by atoms with Gasteiger partial charge in [0.05, 0.1) is 6.61 Å². The number of furan rings is 1. The number of rotatable bonds is 1. The summed E-state index contributed by atoms with van der Waals surface area (Å²) < 4.78 is 5.81. The Hall–Kier alpha value is -1.28. The van der Waals surface area contributed by atoms with Crippen molar-refractivity contribution in [3.63, 3.8) is 0 Å². The van der Waals surface area contributed by atoms with Gasteiger partial charge in [-0.15, -0.1) is 0 Å². The minimum absolute atomic E-state index is 0.107. The van der Waals surface area contributed by atoms with E-state index in [0.717, 1.165) is 29.7 Å². The van der Waals surface area contributed by atoms with Crippen molar-refractivity contribution >= 4 is 11.0 Å². The second-order valence-corrected chi connectivity index (χ2v) is 4.20. The SMILES string of the molecule is OCc1ccc2oc3c(c2c1)CCCC3. The van der Waals surface area contributed by atoms with Gasteiger partial charge < -0.3 is 9.52 Å². The fourth-order valence-electron chi connectivity index (χ4n) is 2.41. The van der Waals surface area contributed by atoms with Crippen LogP contribution in [0.1, 0.15) is 29.7 Å². The molecular weight excluding hydrogens is 188 g/mol. The number of hydrogen-bond acceptors (Lipinski definition) is 2. The van der Waals surface area contributed by atoms with Crippen molar-refractivity contribution in [2.75, 3.05) is 0 Å². The summed E-state index contributed by atoms with van der Waals surface area (Å²) in [7, 11) is 0. The molecule has 2 aromatic rings. The molecule has 2 nitrogen and oxygen atoms in total. The van der Waals surface area contributed by atoms with Gasteiger partial charge in [-0.25, -0.2) is 0 Å². The summed E-state index contributed by atoms with van der Waals surface area (Å²) in [5.74, 6) is 1.16. The highest BCUT2D eigenvalue weighted by Crippen LogP contribution is 2.32. The normalized spacial score (nSPS) is 15.5. The summed E-state index contributed by atoms with van der Waals surface area (Å²) in [6.45, 7) is 0.107. The molecule has 0 unspecified atom stereocenters. The van der Waals surface area contributed by atoms with Crippen molar-refractivity contribution in [2.45, 2.75) is 32.3 Å². The monoisotopic (exact) mass is 202 g/mol. The van der Waals surface area contributed by atoms with E-state index in [-0.39, 0.29) is 6.61 Å². The lowest BCUT2D eigenvalue weighted by molar-refractivity contribution is 0.282. The molecule has 0 atom stereocenters. The molecule has 1 aromatic heterocycles. The third kappa shape index (κ3) is 1.37. The molecule has 0 fully saturated rings. The first kappa shape index (κ1) is 8.98. The predicted octanol–water partition coefficient (Wildman–Crippen LogP) is 2.80. The van der Waals surface area contributed by atoms with Crippen LogP contribution in [0.3, 0.4) is 0 Å². The Balaban J connectivity index is 2.24. The van der Waals surface area contributed by atoms with Crippen LogP contribution in [0.4, 0.5) is 0 Å². The van der Waals surface area contributed by atoms with E-state index in [0.29, 0.717) is 0 Å². The van der Waals surface area contributed by atoms with Gasteiger partial charge in [0.25, 0.3) is 0 Å². The first-order valence-electron chi connectivity index (χ1n) is 5.52. The minimum atomic E-state index is 0.107. The molecule has 1 aliphatic rings. The number of aryl methyl sites for hydroxylation is 2. The van der Waals surface area contributed by atoms with Crippen molar-refractivity contribution in [2.24, 2.45) is 0 Å². The van der Waals surface area contributed by atoms with Gasteiger partial charge in [0, 0.05) is 17.4 Å². The topological polar surface area (TPSA) is 33.4 Å². The number of aliphatic hydroxyl groups excluding tert-OH is 1. The molecule has 2 heteroatoms. The zero-order chi connectivity index (χ0) is 10.3. The fraction of sp³-hybridized carbons (Fsp3) is 0.385. The standard InChI is InChI=1S/C13H14O2/c14-8-9-5-6-13-11(7-9)10-3-1-2-4-12(10)15-13/h5-7,14H,1-4,8H2. The van der Waals surface area contributed by atoms with Gasteiger partial charge in [-0.1, -0.05) is 6.07 Å². The molecule has 1 aromatic carbocycles. The second-order valence-electron chi connectivity index (χ2n) is 4.20. The molecule has 1 heterocycles. The van der Waals surface area contributed by atoms with Gasteiger partial charge in [-0.2, -0.15) is 0 Å². The lowest BCUT2D eigenvalue weighted by Gasteiger charge is -2.08. The zero-order valence-electron chi connectivity index (χ0n) is 8.62. The Bertz CT molecular complexity index is 496. The summed E-state index contributed by atoms with van der Waals surface area (Å²) in [6.07, 6.45) is 4.68. The average Bonchev–Trinajstić information content (AvgIpc) is 2.66. The van der Waals surface area contributed by atoms with Crippen LogP contribution in [0.25, 0.3) is 11.0 Å². The third-order valence-electron chi connectivity index (χ3n) is 3.20. The maximum absolute atomic E-state index is 9.11. The molecule has 0 amide bonds. The Labute approximate surface area is 88.5 Å². The van der Waals surface area contributed by atoms with Gasteiger partial charge in [-0.3, -0.25) is 0 Å². The molecule has 15 heavy (non-hydrogen) atoms. The van der Waals surface area contributed by atoms with Gasteiger partial charge in [0.1, 0.15) is 11.3 Å². The quantitative estimate of drug-likeness (QED) is 0.771. The van der Waals surface area contributed by atoms with E-state index in [1.165, 1.54) is 23.8 Å². The van der Waals surface area contributed by atoms with Crippen LogP contribution in [0.15, 0.2) is 22.6 Å². The predicted molar refractivity (Wildman–Crippen MR) is 58.8 cm³/mol. The highest BCUT2D eigenvalue weighted by atomic mass is 16.3. The summed E-state index contributed by atoms with van der Waals surface area (Å²) in [4.78, 5) is 0. The number of aliphatic hydroxyl groups is 1. The van der Waals surface area contributed by atoms with E-state index in [2.05, 4.69) is 6.07 Å². The zero-order valence-corrected chi connectivity index (χ0v) is 8.62. The lowest BCUT2D eigenvalue weighted by atomic mass is 9.95. The summed E-state index contributed by atoms with van der Waals surface area (Å²) in [6, 6.07) is 5.96. The third-order valence-corrected chi connectivity index (χ3v) is 3.20. The highest BCUT2D eigenvalue weighted by molar-refractivity contribution is 5.83. The first-order chi connectivity index (χ1) is 7.38. The first-order valence-corrected chi connectivity index (χ1v) is 5.52. The van der Waals surface area contributed by atoms with E-state index >= 15 is 0 Å². The summed E-state index contributed by atoms with van der Waals surface area (Å²) in [5.41, 5.74) is 3.31. The Morgan fingerprint density at radius 3 is 2.93 bits per heavy atom. The van der Waals surface area contributed by atoms with Crippen molar-refractivity contribution in [1.82, 2.24) is 0 Å². The van der Waals surface area contributed by atoms with Gasteiger partial charge in [0.2, 0.25) is 0 Å². The van der Waals surface area contributed by atoms with Crippen LogP contribution in [0.5, 0.6) is 0 Å². The molecule has 0 aliphatic heterocycles. The van der Waals surface area contributed by atoms with Crippen LogP contribution in [-0.4, -0.2) is 5.11 Å². The van der Waals surface area contributed by atoms with Crippen LogP contribution in [0, 0.1) is 0 Å². The van der Waals surface area contributed by atoms with E-state index < -0.39 is 0 Å². The molecule has 3 rings (SSSR count). The maximum atomic E-state index is 9.11. The number of benzene rings is 1. The van der Waals surface area contributed by atoms with Gasteiger partial charge in [-0.05, 0) is 37.0 Å². The fourth-order valence-corrected chi connectivity index (χ4v) is 2.41. The van der Waals surface area contributed by atoms with E-state index in [9.17, 15) is 0 Å². The van der Waals surface area contributed by atoms with Crippen molar-refractivity contribution in [3.05, 3.63) is 35.1 Å². The molecule has 78 valence electrons. The van der Waals surface area contributed by atoms with E-state index in [1.807, 2.05) is 12.1 Å². The van der Waals surface area contributed by atoms with E-state index in [1.54, 1.807) is 0 Å².